The van der Waals surface area contributed by atoms with Gasteiger partial charge in [-0.25, -0.2) is 9.18 Å². The number of hydrogen-bond donors (Lipinski definition) is 0. The molecule has 5 nitrogen and oxygen atoms in total. The minimum absolute atomic E-state index is 0.00338. The highest BCUT2D eigenvalue weighted by Crippen LogP contribution is 2.37. The first-order chi connectivity index (χ1) is 11.6. The molecule has 2 aliphatic rings. The molecule has 0 spiro atoms. The monoisotopic (exact) mass is 350 g/mol. The third-order valence-corrected chi connectivity index (χ3v) is 5.34. The van der Waals surface area contributed by atoms with E-state index in [2.05, 4.69) is 0 Å². The number of methoxy groups -OCH3 is 1. The fourth-order valence-corrected chi connectivity index (χ4v) is 2.78. The molecule has 0 aromatic heterocycles. The second-order valence-electron chi connectivity index (χ2n) is 7.63. The van der Waals surface area contributed by atoms with E-state index in [1.54, 1.807) is 6.07 Å². The van der Waals surface area contributed by atoms with E-state index in [-0.39, 0.29) is 17.4 Å². The van der Waals surface area contributed by atoms with Crippen LogP contribution in [0.2, 0.25) is 0 Å². The zero-order valence-electron chi connectivity index (χ0n) is 15.3. The van der Waals surface area contributed by atoms with Gasteiger partial charge in [0.15, 0.2) is 0 Å². The number of esters is 1. The van der Waals surface area contributed by atoms with Crippen LogP contribution in [0, 0.1) is 5.82 Å². The van der Waals surface area contributed by atoms with Gasteiger partial charge in [0.1, 0.15) is 17.1 Å². The van der Waals surface area contributed by atoms with E-state index in [1.165, 1.54) is 13.2 Å². The third kappa shape index (κ3) is 3.27. The van der Waals surface area contributed by atoms with Crippen LogP contribution in [0.5, 0.6) is 5.75 Å². The van der Waals surface area contributed by atoms with Gasteiger partial charge in [-0.1, -0.05) is 0 Å². The van der Waals surface area contributed by atoms with E-state index < -0.39 is 30.1 Å². The van der Waals surface area contributed by atoms with Crippen molar-refractivity contribution >= 4 is 18.6 Å². The number of benzene rings is 1. The molecule has 1 aliphatic carbocycles. The van der Waals surface area contributed by atoms with Gasteiger partial charge in [0.25, 0.3) is 0 Å². The highest BCUT2D eigenvalue weighted by molar-refractivity contribution is 6.62. The van der Waals surface area contributed by atoms with Crippen molar-refractivity contribution in [2.45, 2.75) is 64.3 Å². The summed E-state index contributed by atoms with van der Waals surface area (Å²) in [6, 6.07) is 2.87. The molecule has 0 bridgehead atoms. The summed E-state index contributed by atoms with van der Waals surface area (Å²) < 4.78 is 37.1. The smallest absolute Gasteiger partial charge is 0.489 e. The van der Waals surface area contributed by atoms with Gasteiger partial charge in [0.05, 0.1) is 24.4 Å². The second-order valence-corrected chi connectivity index (χ2v) is 7.63. The first-order valence-corrected chi connectivity index (χ1v) is 8.58. The Hall–Kier alpha value is -1.60. The SMILES string of the molecule is COC(=O)c1c(F)cc(B2OC(C)(C)C(C)(C)O2)cc1OC1CCC1. The quantitative estimate of drug-likeness (QED) is 0.617. The Morgan fingerprint density at radius 1 is 1.20 bits per heavy atom. The Kier molecular flexibility index (Phi) is 4.58. The van der Waals surface area contributed by atoms with Crippen molar-refractivity contribution in [3.8, 4) is 5.75 Å². The van der Waals surface area contributed by atoms with Crippen molar-refractivity contribution in [1.82, 2.24) is 0 Å². The van der Waals surface area contributed by atoms with E-state index in [1.807, 2.05) is 27.7 Å². The molecule has 0 atom stereocenters. The maximum atomic E-state index is 14.7. The molecule has 1 saturated carbocycles. The van der Waals surface area contributed by atoms with Crippen molar-refractivity contribution in [2.24, 2.45) is 0 Å². The van der Waals surface area contributed by atoms with Gasteiger partial charge < -0.3 is 18.8 Å². The van der Waals surface area contributed by atoms with Crippen LogP contribution >= 0.6 is 0 Å². The summed E-state index contributed by atoms with van der Waals surface area (Å²) in [4.78, 5) is 12.0. The average Bonchev–Trinajstić information content (AvgIpc) is 2.70. The van der Waals surface area contributed by atoms with Crippen LogP contribution in [-0.4, -0.2) is 37.5 Å². The summed E-state index contributed by atoms with van der Waals surface area (Å²) in [5, 5.41) is 0. The molecule has 0 radical (unpaired) electrons. The number of hydrogen-bond acceptors (Lipinski definition) is 5. The molecule has 25 heavy (non-hydrogen) atoms. The summed E-state index contributed by atoms with van der Waals surface area (Å²) in [5.74, 6) is -1.28. The van der Waals surface area contributed by atoms with Gasteiger partial charge in [-0.15, -0.1) is 0 Å². The number of ether oxygens (including phenoxy) is 2. The largest absolute Gasteiger partial charge is 0.495 e. The van der Waals surface area contributed by atoms with E-state index in [9.17, 15) is 9.18 Å². The van der Waals surface area contributed by atoms with Crippen molar-refractivity contribution < 1.29 is 28.0 Å². The molecule has 1 heterocycles. The third-order valence-electron chi connectivity index (χ3n) is 5.34. The summed E-state index contributed by atoms with van der Waals surface area (Å²) in [7, 11) is 0.492. The zero-order valence-corrected chi connectivity index (χ0v) is 15.3. The molecule has 0 unspecified atom stereocenters. The Morgan fingerprint density at radius 2 is 1.80 bits per heavy atom. The van der Waals surface area contributed by atoms with Gasteiger partial charge in [0.2, 0.25) is 0 Å². The van der Waals surface area contributed by atoms with E-state index in [4.69, 9.17) is 18.8 Å². The van der Waals surface area contributed by atoms with Gasteiger partial charge in [0, 0.05) is 0 Å². The minimum atomic E-state index is -0.757. The first-order valence-electron chi connectivity index (χ1n) is 8.58. The van der Waals surface area contributed by atoms with Crippen LogP contribution in [0.4, 0.5) is 4.39 Å². The highest BCUT2D eigenvalue weighted by Gasteiger charge is 2.52. The molecule has 3 rings (SSSR count). The van der Waals surface area contributed by atoms with Crippen molar-refractivity contribution in [2.75, 3.05) is 7.11 Å². The Balaban J connectivity index is 1.97. The lowest BCUT2D eigenvalue weighted by molar-refractivity contribution is 0.00578. The van der Waals surface area contributed by atoms with Gasteiger partial charge in [-0.3, -0.25) is 0 Å². The second kappa shape index (κ2) is 6.29. The van der Waals surface area contributed by atoms with Gasteiger partial charge in [-0.05, 0) is 64.6 Å². The summed E-state index contributed by atoms with van der Waals surface area (Å²) in [5.41, 5.74) is -0.776. The standard InChI is InChI=1S/C18H24BFO5/c1-17(2)18(3,4)25-19(24-17)11-9-13(20)15(16(21)22-5)14(10-11)23-12-7-6-8-12/h9-10,12H,6-8H2,1-5H3. The molecule has 1 aromatic rings. The van der Waals surface area contributed by atoms with Crippen molar-refractivity contribution in [3.05, 3.63) is 23.5 Å². The Labute approximate surface area is 147 Å². The van der Waals surface area contributed by atoms with Crippen LogP contribution in [0.3, 0.4) is 0 Å². The van der Waals surface area contributed by atoms with E-state index in [0.29, 0.717) is 5.46 Å². The average molecular weight is 350 g/mol. The fourth-order valence-electron chi connectivity index (χ4n) is 2.78. The normalized spacial score (nSPS) is 21.8. The van der Waals surface area contributed by atoms with Gasteiger partial charge >= 0.3 is 13.1 Å². The molecular weight excluding hydrogens is 326 g/mol. The molecule has 1 saturated heterocycles. The lowest BCUT2D eigenvalue weighted by Crippen LogP contribution is -2.41. The molecule has 2 fully saturated rings. The maximum Gasteiger partial charge on any atom is 0.495 e. The number of halogens is 1. The lowest BCUT2D eigenvalue weighted by Gasteiger charge is -2.32. The number of rotatable bonds is 4. The fraction of sp³-hybridized carbons (Fsp3) is 0.611. The number of carbonyl (C=O) groups is 1. The van der Waals surface area contributed by atoms with Gasteiger partial charge in [-0.2, -0.15) is 0 Å². The summed E-state index contributed by atoms with van der Waals surface area (Å²) in [6.45, 7) is 7.71. The van der Waals surface area contributed by atoms with Crippen molar-refractivity contribution in [1.29, 1.82) is 0 Å². The predicted molar refractivity (Wildman–Crippen MR) is 91.7 cm³/mol. The van der Waals surface area contributed by atoms with Crippen LogP contribution in [0.15, 0.2) is 12.1 Å². The van der Waals surface area contributed by atoms with Crippen LogP contribution in [0.1, 0.15) is 57.3 Å². The lowest BCUT2D eigenvalue weighted by atomic mass is 9.78. The summed E-state index contributed by atoms with van der Waals surface area (Å²) in [6.07, 6.45) is 2.85. The Bertz CT molecular complexity index is 668. The van der Waals surface area contributed by atoms with Crippen LogP contribution in [-0.2, 0) is 14.0 Å². The Morgan fingerprint density at radius 3 is 2.28 bits per heavy atom. The molecule has 1 aliphatic heterocycles. The molecule has 1 aromatic carbocycles. The molecule has 0 N–H and O–H groups in total. The minimum Gasteiger partial charge on any atom is -0.489 e. The predicted octanol–water partition coefficient (Wildman–Crippen LogP) is 2.84. The first kappa shape index (κ1) is 18.2. The topological polar surface area (TPSA) is 54.0 Å². The van der Waals surface area contributed by atoms with Crippen LogP contribution in [0.25, 0.3) is 0 Å². The van der Waals surface area contributed by atoms with E-state index in [0.717, 1.165) is 19.3 Å². The maximum absolute atomic E-state index is 14.7. The molecule has 136 valence electrons. The summed E-state index contributed by atoms with van der Waals surface area (Å²) >= 11 is 0. The molecular formula is C18H24BFO5. The molecule has 7 heteroatoms. The van der Waals surface area contributed by atoms with Crippen molar-refractivity contribution in [3.63, 3.8) is 0 Å². The highest BCUT2D eigenvalue weighted by atomic mass is 19.1. The zero-order chi connectivity index (χ0) is 18.4. The van der Waals surface area contributed by atoms with Crippen LogP contribution < -0.4 is 10.2 Å². The number of carbonyl (C=O) groups excluding carboxylic acids is 1. The molecule has 0 amide bonds. The van der Waals surface area contributed by atoms with E-state index >= 15 is 0 Å².